The molecule has 4 nitrogen and oxygen atoms in total. The van der Waals surface area contributed by atoms with Crippen LogP contribution in [0.5, 0.6) is 5.88 Å². The average molecular weight is 342 g/mol. The number of benzene rings is 1. The first-order valence-corrected chi connectivity index (χ1v) is 8.46. The lowest BCUT2D eigenvalue weighted by Crippen LogP contribution is -2.03. The first kappa shape index (κ1) is 16.5. The quantitative estimate of drug-likeness (QED) is 0.657. The van der Waals surface area contributed by atoms with E-state index in [9.17, 15) is 0 Å². The highest BCUT2D eigenvalue weighted by Crippen LogP contribution is 2.31. The van der Waals surface area contributed by atoms with E-state index in [1.165, 1.54) is 5.56 Å². The van der Waals surface area contributed by atoms with Crippen LogP contribution in [0.4, 0.5) is 0 Å². The summed E-state index contributed by atoms with van der Waals surface area (Å²) in [5.41, 5.74) is 4.23. The van der Waals surface area contributed by atoms with Crippen molar-refractivity contribution in [3.8, 4) is 17.0 Å². The number of nitrogens with zero attached hydrogens (tertiary/aromatic N) is 3. The highest BCUT2D eigenvalue weighted by atomic mass is 35.5. The van der Waals surface area contributed by atoms with Gasteiger partial charge in [-0.15, -0.1) is 0 Å². The van der Waals surface area contributed by atoms with E-state index in [4.69, 9.17) is 16.3 Å². The van der Waals surface area contributed by atoms with E-state index in [1.807, 2.05) is 48.3 Å². The van der Waals surface area contributed by atoms with Crippen LogP contribution in [0, 0.1) is 0 Å². The van der Waals surface area contributed by atoms with Gasteiger partial charge in [0, 0.05) is 23.0 Å². The zero-order chi connectivity index (χ0) is 16.9. The van der Waals surface area contributed by atoms with Crippen LogP contribution in [0.15, 0.2) is 48.9 Å². The van der Waals surface area contributed by atoms with Crippen LogP contribution in [0.1, 0.15) is 25.0 Å². The summed E-state index contributed by atoms with van der Waals surface area (Å²) in [5, 5.41) is 5.09. The molecule has 0 aliphatic rings. The van der Waals surface area contributed by atoms with Crippen LogP contribution in [0.2, 0.25) is 5.02 Å². The normalized spacial score (nSPS) is 10.8. The first-order valence-electron chi connectivity index (χ1n) is 8.08. The van der Waals surface area contributed by atoms with Crippen LogP contribution in [0.3, 0.4) is 0 Å². The third-order valence-electron chi connectivity index (χ3n) is 3.76. The number of aromatic nitrogens is 3. The molecule has 0 amide bonds. The van der Waals surface area contributed by atoms with Crippen LogP contribution in [-0.4, -0.2) is 21.4 Å². The molecule has 1 aromatic carbocycles. The third-order valence-corrected chi connectivity index (χ3v) is 4.00. The van der Waals surface area contributed by atoms with E-state index in [0.29, 0.717) is 24.1 Å². The highest BCUT2D eigenvalue weighted by molar-refractivity contribution is 6.30. The molecule has 0 unspecified atom stereocenters. The van der Waals surface area contributed by atoms with Gasteiger partial charge in [0.25, 0.3) is 0 Å². The molecule has 0 bridgehead atoms. The van der Waals surface area contributed by atoms with E-state index in [2.05, 4.69) is 29.3 Å². The second-order valence-electron chi connectivity index (χ2n) is 5.54. The van der Waals surface area contributed by atoms with Gasteiger partial charge in [0.15, 0.2) is 0 Å². The van der Waals surface area contributed by atoms with Gasteiger partial charge in [0.05, 0.1) is 19.3 Å². The Balaban J connectivity index is 1.95. The Labute approximate surface area is 147 Å². The number of ether oxygens (including phenoxy) is 1. The van der Waals surface area contributed by atoms with Crippen molar-refractivity contribution in [2.75, 3.05) is 6.61 Å². The molecule has 2 aromatic heterocycles. The number of hydrogen-bond donors (Lipinski definition) is 0. The van der Waals surface area contributed by atoms with Crippen LogP contribution < -0.4 is 4.74 Å². The summed E-state index contributed by atoms with van der Waals surface area (Å²) >= 11 is 6.14. The van der Waals surface area contributed by atoms with Gasteiger partial charge in [-0.1, -0.05) is 30.7 Å². The van der Waals surface area contributed by atoms with Crippen molar-refractivity contribution < 1.29 is 4.74 Å². The van der Waals surface area contributed by atoms with Gasteiger partial charge in [0.1, 0.15) is 0 Å². The van der Waals surface area contributed by atoms with Crippen molar-refractivity contribution in [2.45, 2.75) is 26.8 Å². The number of rotatable bonds is 6. The van der Waals surface area contributed by atoms with Gasteiger partial charge in [-0.05, 0) is 48.2 Å². The molecule has 5 heteroatoms. The van der Waals surface area contributed by atoms with Crippen molar-refractivity contribution in [3.05, 3.63) is 65.1 Å². The molecule has 24 heavy (non-hydrogen) atoms. The Bertz CT molecular complexity index is 829. The molecule has 3 rings (SSSR count). The molecule has 0 atom stereocenters. The standard InChI is InChI=1S/C19H20ClN3O/c1-3-14-11-22-23(12-14)13-15-8-18(19(21-10-15)24-4-2)16-6-5-7-17(20)9-16/h5-12H,3-4,13H2,1-2H3. The fourth-order valence-corrected chi connectivity index (χ4v) is 2.75. The summed E-state index contributed by atoms with van der Waals surface area (Å²) in [6.45, 7) is 5.32. The Morgan fingerprint density at radius 1 is 1.12 bits per heavy atom. The van der Waals surface area contributed by atoms with Gasteiger partial charge in [0.2, 0.25) is 5.88 Å². The van der Waals surface area contributed by atoms with E-state index in [0.717, 1.165) is 23.1 Å². The summed E-state index contributed by atoms with van der Waals surface area (Å²) in [4.78, 5) is 4.49. The van der Waals surface area contributed by atoms with E-state index >= 15 is 0 Å². The molecule has 0 spiro atoms. The maximum Gasteiger partial charge on any atom is 0.221 e. The molecule has 0 radical (unpaired) electrons. The number of hydrogen-bond acceptors (Lipinski definition) is 3. The fourth-order valence-electron chi connectivity index (χ4n) is 2.56. The van der Waals surface area contributed by atoms with E-state index in [1.54, 1.807) is 0 Å². The van der Waals surface area contributed by atoms with Gasteiger partial charge in [-0.25, -0.2) is 4.98 Å². The van der Waals surface area contributed by atoms with Gasteiger partial charge >= 0.3 is 0 Å². The molecule has 0 fully saturated rings. The molecule has 0 aliphatic carbocycles. The molecule has 0 saturated carbocycles. The zero-order valence-corrected chi connectivity index (χ0v) is 14.6. The smallest absolute Gasteiger partial charge is 0.221 e. The van der Waals surface area contributed by atoms with E-state index in [-0.39, 0.29) is 0 Å². The SMILES string of the molecule is CCOc1ncc(Cn2cc(CC)cn2)cc1-c1cccc(Cl)c1. The predicted molar refractivity (Wildman–Crippen MR) is 96.6 cm³/mol. The third kappa shape index (κ3) is 3.77. The fraction of sp³-hybridized carbons (Fsp3) is 0.263. The average Bonchev–Trinajstić information content (AvgIpc) is 3.04. The van der Waals surface area contributed by atoms with Crippen LogP contribution in [-0.2, 0) is 13.0 Å². The Morgan fingerprint density at radius 3 is 2.71 bits per heavy atom. The topological polar surface area (TPSA) is 39.9 Å². The largest absolute Gasteiger partial charge is 0.478 e. The van der Waals surface area contributed by atoms with Gasteiger partial charge < -0.3 is 4.74 Å². The van der Waals surface area contributed by atoms with Crippen molar-refractivity contribution in [2.24, 2.45) is 0 Å². The van der Waals surface area contributed by atoms with Crippen molar-refractivity contribution in [1.29, 1.82) is 0 Å². The summed E-state index contributed by atoms with van der Waals surface area (Å²) in [5.74, 6) is 0.623. The van der Waals surface area contributed by atoms with Crippen LogP contribution in [0.25, 0.3) is 11.1 Å². The predicted octanol–water partition coefficient (Wildman–Crippen LogP) is 4.61. The molecule has 3 aromatic rings. The first-order chi connectivity index (χ1) is 11.7. The number of halogens is 1. The maximum atomic E-state index is 6.14. The maximum absolute atomic E-state index is 6.14. The minimum absolute atomic E-state index is 0.568. The van der Waals surface area contributed by atoms with Gasteiger partial charge in [-0.3, -0.25) is 4.68 Å². The molecule has 0 aliphatic heterocycles. The molecule has 124 valence electrons. The minimum Gasteiger partial charge on any atom is -0.478 e. The van der Waals surface area contributed by atoms with Gasteiger partial charge in [-0.2, -0.15) is 5.10 Å². The lowest BCUT2D eigenvalue weighted by Gasteiger charge is -2.12. The van der Waals surface area contributed by atoms with Crippen LogP contribution >= 0.6 is 11.6 Å². The summed E-state index contributed by atoms with van der Waals surface area (Å²) in [6, 6.07) is 9.82. The summed E-state index contributed by atoms with van der Waals surface area (Å²) < 4.78 is 7.61. The number of aryl methyl sites for hydroxylation is 1. The van der Waals surface area contributed by atoms with Crippen molar-refractivity contribution in [3.63, 3.8) is 0 Å². The lowest BCUT2D eigenvalue weighted by atomic mass is 10.1. The Kier molecular flexibility index (Phi) is 5.16. The molecular weight excluding hydrogens is 322 g/mol. The second kappa shape index (κ2) is 7.49. The number of pyridine rings is 1. The molecule has 2 heterocycles. The second-order valence-corrected chi connectivity index (χ2v) is 5.98. The monoisotopic (exact) mass is 341 g/mol. The molecule has 0 N–H and O–H groups in total. The Morgan fingerprint density at radius 2 is 2.00 bits per heavy atom. The zero-order valence-electron chi connectivity index (χ0n) is 13.9. The molecular formula is C19H20ClN3O. The Hall–Kier alpha value is -2.33. The highest BCUT2D eigenvalue weighted by Gasteiger charge is 2.10. The van der Waals surface area contributed by atoms with E-state index < -0.39 is 0 Å². The minimum atomic E-state index is 0.568. The summed E-state index contributed by atoms with van der Waals surface area (Å²) in [6.07, 6.45) is 6.79. The summed E-state index contributed by atoms with van der Waals surface area (Å²) in [7, 11) is 0. The van der Waals surface area contributed by atoms with Crippen molar-refractivity contribution >= 4 is 11.6 Å². The van der Waals surface area contributed by atoms with Crippen molar-refractivity contribution in [1.82, 2.24) is 14.8 Å². The lowest BCUT2D eigenvalue weighted by molar-refractivity contribution is 0.328. The molecule has 0 saturated heterocycles.